The molecule has 0 aliphatic carbocycles. The molecule has 1 atom stereocenters. The molecule has 0 unspecified atom stereocenters. The standard InChI is InChI=1S/C16H13F2NO3/c17-12-6-11(7-13(18)8-12)16(22)19-14(9-15(20)21)10-4-2-1-3-5-10/h1-8,14H,9H2,(H,19,22)(H,20,21)/t14-/m1/s1. The summed E-state index contributed by atoms with van der Waals surface area (Å²) >= 11 is 0. The molecule has 2 aromatic rings. The molecule has 2 aromatic carbocycles. The van der Waals surface area contributed by atoms with Gasteiger partial charge in [0.25, 0.3) is 5.91 Å². The number of halogens is 2. The zero-order valence-corrected chi connectivity index (χ0v) is 11.4. The minimum Gasteiger partial charge on any atom is -0.481 e. The second kappa shape index (κ2) is 6.80. The molecular weight excluding hydrogens is 292 g/mol. The molecular formula is C16H13F2NO3. The predicted octanol–water partition coefficient (Wildman–Crippen LogP) is 2.91. The largest absolute Gasteiger partial charge is 0.481 e. The van der Waals surface area contributed by atoms with Gasteiger partial charge in [-0.3, -0.25) is 9.59 Å². The van der Waals surface area contributed by atoms with Crippen LogP contribution in [-0.2, 0) is 4.79 Å². The lowest BCUT2D eigenvalue weighted by atomic mass is 10.0. The lowest BCUT2D eigenvalue weighted by molar-refractivity contribution is -0.137. The quantitative estimate of drug-likeness (QED) is 0.892. The van der Waals surface area contributed by atoms with E-state index < -0.39 is 29.6 Å². The highest BCUT2D eigenvalue weighted by Gasteiger charge is 2.19. The number of nitrogens with one attached hydrogen (secondary N) is 1. The van der Waals surface area contributed by atoms with Crippen molar-refractivity contribution in [2.45, 2.75) is 12.5 Å². The normalized spacial score (nSPS) is 11.7. The summed E-state index contributed by atoms with van der Waals surface area (Å²) in [5.74, 6) is -3.59. The third-order valence-electron chi connectivity index (χ3n) is 3.01. The lowest BCUT2D eigenvalue weighted by Crippen LogP contribution is -2.30. The van der Waals surface area contributed by atoms with E-state index >= 15 is 0 Å². The van der Waals surface area contributed by atoms with Gasteiger partial charge in [0.2, 0.25) is 0 Å². The molecule has 0 radical (unpaired) electrons. The summed E-state index contributed by atoms with van der Waals surface area (Å²) in [6, 6.07) is 10.1. The van der Waals surface area contributed by atoms with Crippen LogP contribution in [0.15, 0.2) is 48.5 Å². The van der Waals surface area contributed by atoms with E-state index in [2.05, 4.69) is 5.32 Å². The van der Waals surface area contributed by atoms with Crippen LogP contribution < -0.4 is 5.32 Å². The predicted molar refractivity (Wildman–Crippen MR) is 75.3 cm³/mol. The summed E-state index contributed by atoms with van der Waals surface area (Å²) < 4.78 is 26.3. The molecule has 6 heteroatoms. The summed E-state index contributed by atoms with van der Waals surface area (Å²) in [5, 5.41) is 11.4. The Hall–Kier alpha value is -2.76. The van der Waals surface area contributed by atoms with Gasteiger partial charge in [-0.05, 0) is 17.7 Å². The highest BCUT2D eigenvalue weighted by molar-refractivity contribution is 5.94. The Kier molecular flexibility index (Phi) is 4.83. The van der Waals surface area contributed by atoms with Crippen molar-refractivity contribution < 1.29 is 23.5 Å². The van der Waals surface area contributed by atoms with Crippen LogP contribution in [-0.4, -0.2) is 17.0 Å². The van der Waals surface area contributed by atoms with Crippen molar-refractivity contribution in [3.05, 3.63) is 71.3 Å². The topological polar surface area (TPSA) is 66.4 Å². The van der Waals surface area contributed by atoms with E-state index in [1.54, 1.807) is 30.3 Å². The first kappa shape index (κ1) is 15.6. The zero-order chi connectivity index (χ0) is 16.1. The maximum Gasteiger partial charge on any atom is 0.305 e. The van der Waals surface area contributed by atoms with Gasteiger partial charge in [0, 0.05) is 11.6 Å². The van der Waals surface area contributed by atoms with E-state index in [1.807, 2.05) is 0 Å². The Bertz CT molecular complexity index is 669. The van der Waals surface area contributed by atoms with Crippen molar-refractivity contribution in [1.29, 1.82) is 0 Å². The monoisotopic (exact) mass is 305 g/mol. The molecule has 4 nitrogen and oxygen atoms in total. The van der Waals surface area contributed by atoms with E-state index in [0.717, 1.165) is 12.1 Å². The maximum absolute atomic E-state index is 13.1. The smallest absolute Gasteiger partial charge is 0.305 e. The van der Waals surface area contributed by atoms with Gasteiger partial charge in [0.05, 0.1) is 12.5 Å². The Labute approximate surface area is 125 Å². The van der Waals surface area contributed by atoms with E-state index in [4.69, 9.17) is 5.11 Å². The summed E-state index contributed by atoms with van der Waals surface area (Å²) in [5.41, 5.74) is 0.388. The van der Waals surface area contributed by atoms with Crippen LogP contribution in [0.4, 0.5) is 8.78 Å². The molecule has 0 bridgehead atoms. The SMILES string of the molecule is O=C(O)C[C@@H](NC(=O)c1cc(F)cc(F)c1)c1ccccc1. The third-order valence-corrected chi connectivity index (χ3v) is 3.01. The summed E-state index contributed by atoms with van der Waals surface area (Å²) in [6.45, 7) is 0. The highest BCUT2D eigenvalue weighted by atomic mass is 19.1. The molecule has 0 aromatic heterocycles. The fourth-order valence-corrected chi connectivity index (χ4v) is 2.04. The van der Waals surface area contributed by atoms with Gasteiger partial charge in [-0.15, -0.1) is 0 Å². The second-order valence-electron chi connectivity index (χ2n) is 4.69. The second-order valence-corrected chi connectivity index (χ2v) is 4.69. The zero-order valence-electron chi connectivity index (χ0n) is 11.4. The van der Waals surface area contributed by atoms with Crippen LogP contribution in [0.1, 0.15) is 28.4 Å². The number of carboxylic acid groups (broad SMARTS) is 1. The minimum absolute atomic E-state index is 0.205. The van der Waals surface area contributed by atoms with Crippen LogP contribution in [0.2, 0.25) is 0 Å². The van der Waals surface area contributed by atoms with Gasteiger partial charge in [0.15, 0.2) is 0 Å². The molecule has 0 aliphatic heterocycles. The van der Waals surface area contributed by atoms with E-state index in [-0.39, 0.29) is 12.0 Å². The van der Waals surface area contributed by atoms with Gasteiger partial charge in [0.1, 0.15) is 11.6 Å². The van der Waals surface area contributed by atoms with Crippen LogP contribution in [0.25, 0.3) is 0 Å². The molecule has 0 saturated heterocycles. The van der Waals surface area contributed by atoms with Crippen molar-refractivity contribution >= 4 is 11.9 Å². The molecule has 114 valence electrons. The summed E-state index contributed by atoms with van der Waals surface area (Å²) in [7, 11) is 0. The highest BCUT2D eigenvalue weighted by Crippen LogP contribution is 2.18. The van der Waals surface area contributed by atoms with Crippen molar-refractivity contribution in [2.24, 2.45) is 0 Å². The first-order chi connectivity index (χ1) is 10.5. The van der Waals surface area contributed by atoms with Crippen molar-refractivity contribution in [2.75, 3.05) is 0 Å². The molecule has 0 aliphatic rings. The Morgan fingerprint density at radius 3 is 2.18 bits per heavy atom. The number of hydrogen-bond donors (Lipinski definition) is 2. The fourth-order valence-electron chi connectivity index (χ4n) is 2.04. The van der Waals surface area contributed by atoms with Gasteiger partial charge in [-0.1, -0.05) is 30.3 Å². The number of rotatable bonds is 5. The Morgan fingerprint density at radius 1 is 1.05 bits per heavy atom. The molecule has 0 fully saturated rings. The number of aliphatic carboxylic acids is 1. The average molecular weight is 305 g/mol. The maximum atomic E-state index is 13.1. The number of amides is 1. The first-order valence-electron chi connectivity index (χ1n) is 6.49. The van der Waals surface area contributed by atoms with Crippen LogP contribution in [0.5, 0.6) is 0 Å². The van der Waals surface area contributed by atoms with E-state index in [9.17, 15) is 18.4 Å². The number of hydrogen-bond acceptors (Lipinski definition) is 2. The molecule has 1 amide bonds. The molecule has 0 saturated carbocycles. The molecule has 2 rings (SSSR count). The van der Waals surface area contributed by atoms with Crippen molar-refractivity contribution in [3.8, 4) is 0 Å². The van der Waals surface area contributed by atoms with Crippen LogP contribution in [0, 0.1) is 11.6 Å². The van der Waals surface area contributed by atoms with E-state index in [0.29, 0.717) is 11.6 Å². The molecule has 22 heavy (non-hydrogen) atoms. The van der Waals surface area contributed by atoms with Gasteiger partial charge in [-0.2, -0.15) is 0 Å². The molecule has 2 N–H and O–H groups in total. The fraction of sp³-hybridized carbons (Fsp3) is 0.125. The summed E-state index contributed by atoms with van der Waals surface area (Å²) in [6.07, 6.45) is -0.340. The number of carbonyl (C=O) groups excluding carboxylic acids is 1. The molecule has 0 heterocycles. The molecule has 0 spiro atoms. The Balaban J connectivity index is 2.23. The van der Waals surface area contributed by atoms with Crippen LogP contribution >= 0.6 is 0 Å². The van der Waals surface area contributed by atoms with E-state index in [1.165, 1.54) is 0 Å². The average Bonchev–Trinajstić information content (AvgIpc) is 2.46. The van der Waals surface area contributed by atoms with Crippen LogP contribution in [0.3, 0.4) is 0 Å². The number of carbonyl (C=O) groups is 2. The van der Waals surface area contributed by atoms with Gasteiger partial charge < -0.3 is 10.4 Å². The third kappa shape index (κ3) is 4.12. The number of benzene rings is 2. The van der Waals surface area contributed by atoms with Crippen molar-refractivity contribution in [1.82, 2.24) is 5.32 Å². The van der Waals surface area contributed by atoms with Gasteiger partial charge in [-0.25, -0.2) is 8.78 Å². The number of carboxylic acids is 1. The first-order valence-corrected chi connectivity index (χ1v) is 6.49. The summed E-state index contributed by atoms with van der Waals surface area (Å²) in [4.78, 5) is 23.0. The lowest BCUT2D eigenvalue weighted by Gasteiger charge is -2.17. The van der Waals surface area contributed by atoms with Gasteiger partial charge >= 0.3 is 5.97 Å². The van der Waals surface area contributed by atoms with Crippen molar-refractivity contribution in [3.63, 3.8) is 0 Å². The minimum atomic E-state index is -1.10. The Morgan fingerprint density at radius 2 is 1.64 bits per heavy atom.